The molecule has 0 fully saturated rings. The first-order valence-electron chi connectivity index (χ1n) is 6.96. The molecule has 20 heavy (non-hydrogen) atoms. The Bertz CT molecular complexity index is 493. The van der Waals surface area contributed by atoms with Gasteiger partial charge in [-0.2, -0.15) is 0 Å². The van der Waals surface area contributed by atoms with E-state index in [9.17, 15) is 4.79 Å². The van der Waals surface area contributed by atoms with Crippen molar-refractivity contribution in [3.63, 3.8) is 0 Å². The number of ether oxygens (including phenoxy) is 1. The van der Waals surface area contributed by atoms with E-state index < -0.39 is 6.04 Å². The first-order chi connectivity index (χ1) is 9.32. The summed E-state index contributed by atoms with van der Waals surface area (Å²) in [5.41, 5.74) is 6.96. The molecule has 112 valence electrons. The van der Waals surface area contributed by atoms with Crippen LogP contribution in [-0.2, 0) is 16.0 Å². The zero-order valence-corrected chi connectivity index (χ0v) is 12.7. The van der Waals surface area contributed by atoms with E-state index in [1.54, 1.807) is 0 Å². The normalized spacial score (nSPS) is 22.1. The number of nitrogens with one attached hydrogen (secondary N) is 1. The van der Waals surface area contributed by atoms with Crippen molar-refractivity contribution in [2.24, 2.45) is 11.1 Å². The summed E-state index contributed by atoms with van der Waals surface area (Å²) in [6, 6.07) is 1.33. The summed E-state index contributed by atoms with van der Waals surface area (Å²) in [6.07, 6.45) is 1.77. The van der Waals surface area contributed by atoms with Crippen molar-refractivity contribution in [2.45, 2.75) is 45.7 Å². The number of methoxy groups -OCH3 is 1. The van der Waals surface area contributed by atoms with Gasteiger partial charge < -0.3 is 20.2 Å². The minimum Gasteiger partial charge on any atom is -0.466 e. The number of aryl methyl sites for hydroxylation is 1. The lowest BCUT2D eigenvalue weighted by molar-refractivity contribution is -0.124. The lowest BCUT2D eigenvalue weighted by Crippen LogP contribution is -2.46. The van der Waals surface area contributed by atoms with Gasteiger partial charge in [0.2, 0.25) is 5.91 Å². The maximum Gasteiger partial charge on any atom is 0.239 e. The highest BCUT2D eigenvalue weighted by Gasteiger charge is 2.36. The van der Waals surface area contributed by atoms with Crippen molar-refractivity contribution in [1.29, 1.82) is 0 Å². The van der Waals surface area contributed by atoms with Crippen LogP contribution in [0.2, 0.25) is 0 Å². The molecule has 0 aromatic carbocycles. The molecule has 5 heteroatoms. The van der Waals surface area contributed by atoms with Gasteiger partial charge in [0.05, 0.1) is 12.6 Å². The molecule has 1 heterocycles. The summed E-state index contributed by atoms with van der Waals surface area (Å²) >= 11 is 0. The fraction of sp³-hybridized carbons (Fsp3) is 0.667. The molecular weight excluding hydrogens is 256 g/mol. The molecule has 0 spiro atoms. The molecule has 0 bridgehead atoms. The van der Waals surface area contributed by atoms with E-state index in [4.69, 9.17) is 14.9 Å². The molecule has 2 rings (SSSR count). The van der Waals surface area contributed by atoms with E-state index in [-0.39, 0.29) is 24.0 Å². The molecule has 2 unspecified atom stereocenters. The number of carbonyl (C=O) groups excluding carboxylic acids is 1. The number of hydrogen-bond acceptors (Lipinski definition) is 4. The van der Waals surface area contributed by atoms with Crippen LogP contribution in [0.5, 0.6) is 0 Å². The number of amides is 1. The molecule has 0 saturated carbocycles. The predicted molar refractivity (Wildman–Crippen MR) is 76.3 cm³/mol. The molecule has 5 nitrogen and oxygen atoms in total. The summed E-state index contributed by atoms with van der Waals surface area (Å²) < 4.78 is 10.7. The zero-order chi connectivity index (χ0) is 14.9. The number of fused-ring (bicyclic) bond motifs is 1. The van der Waals surface area contributed by atoms with E-state index in [1.807, 2.05) is 13.0 Å². The Kier molecular flexibility index (Phi) is 4.20. The maximum atomic E-state index is 12.1. The second-order valence-electron chi connectivity index (χ2n) is 6.40. The number of rotatable bonds is 4. The first-order valence-corrected chi connectivity index (χ1v) is 6.96. The molecular formula is C15H24N2O3. The van der Waals surface area contributed by atoms with Crippen molar-refractivity contribution in [2.75, 3.05) is 13.7 Å². The minimum atomic E-state index is -0.638. The lowest BCUT2D eigenvalue weighted by Gasteiger charge is -2.35. The number of carbonyl (C=O) groups is 1. The van der Waals surface area contributed by atoms with Crippen LogP contribution >= 0.6 is 0 Å². The van der Waals surface area contributed by atoms with Gasteiger partial charge in [0, 0.05) is 19.1 Å². The minimum absolute atomic E-state index is 0.0402. The Morgan fingerprint density at radius 2 is 2.35 bits per heavy atom. The van der Waals surface area contributed by atoms with Gasteiger partial charge in [0.1, 0.15) is 17.6 Å². The Hall–Kier alpha value is -1.33. The van der Waals surface area contributed by atoms with Crippen LogP contribution in [0.3, 0.4) is 0 Å². The highest BCUT2D eigenvalue weighted by atomic mass is 16.5. The molecule has 1 aliphatic carbocycles. The third-order valence-corrected chi connectivity index (χ3v) is 3.74. The Labute approximate surface area is 119 Å². The van der Waals surface area contributed by atoms with E-state index in [0.29, 0.717) is 0 Å². The zero-order valence-electron chi connectivity index (χ0n) is 12.7. The summed E-state index contributed by atoms with van der Waals surface area (Å²) in [5, 5.41) is 3.02. The van der Waals surface area contributed by atoms with Crippen LogP contribution in [0.4, 0.5) is 0 Å². The highest BCUT2D eigenvalue weighted by Crippen LogP contribution is 2.41. The number of hydrogen-bond donors (Lipinski definition) is 2. The summed E-state index contributed by atoms with van der Waals surface area (Å²) in [7, 11) is 1.54. The first kappa shape index (κ1) is 15.1. The summed E-state index contributed by atoms with van der Waals surface area (Å²) in [4.78, 5) is 12.1. The fourth-order valence-corrected chi connectivity index (χ4v) is 2.85. The predicted octanol–water partition coefficient (Wildman–Crippen LogP) is 1.69. The SMILES string of the molecule is COCC(N)C(=O)NC1CC(C)(C)Cc2oc(C)cc21. The second kappa shape index (κ2) is 5.58. The highest BCUT2D eigenvalue weighted by molar-refractivity contribution is 5.82. The van der Waals surface area contributed by atoms with Gasteiger partial charge in [-0.25, -0.2) is 0 Å². The molecule has 0 saturated heterocycles. The van der Waals surface area contributed by atoms with Crippen LogP contribution < -0.4 is 11.1 Å². The third kappa shape index (κ3) is 3.22. The third-order valence-electron chi connectivity index (χ3n) is 3.74. The summed E-state index contributed by atoms with van der Waals surface area (Å²) in [6.45, 7) is 6.52. The maximum absolute atomic E-state index is 12.1. The molecule has 1 aromatic rings. The summed E-state index contributed by atoms with van der Waals surface area (Å²) in [5.74, 6) is 1.68. The van der Waals surface area contributed by atoms with E-state index in [0.717, 1.165) is 29.9 Å². The Morgan fingerprint density at radius 3 is 3.00 bits per heavy atom. The van der Waals surface area contributed by atoms with E-state index >= 15 is 0 Å². The van der Waals surface area contributed by atoms with Crippen LogP contribution in [0, 0.1) is 12.3 Å². The number of furan rings is 1. The fourth-order valence-electron chi connectivity index (χ4n) is 2.85. The molecule has 2 atom stereocenters. The number of nitrogens with two attached hydrogens (primary N) is 1. The van der Waals surface area contributed by atoms with E-state index in [2.05, 4.69) is 19.2 Å². The van der Waals surface area contributed by atoms with Crippen LogP contribution in [-0.4, -0.2) is 25.7 Å². The monoisotopic (exact) mass is 280 g/mol. The van der Waals surface area contributed by atoms with Crippen LogP contribution in [0.25, 0.3) is 0 Å². The smallest absolute Gasteiger partial charge is 0.239 e. The van der Waals surface area contributed by atoms with Crippen molar-refractivity contribution in [1.82, 2.24) is 5.32 Å². The average Bonchev–Trinajstić information content (AvgIpc) is 2.68. The molecule has 0 aliphatic heterocycles. The quantitative estimate of drug-likeness (QED) is 0.880. The van der Waals surface area contributed by atoms with Crippen LogP contribution in [0.1, 0.15) is 43.4 Å². The lowest BCUT2D eigenvalue weighted by atomic mass is 9.74. The molecule has 3 N–H and O–H groups in total. The largest absolute Gasteiger partial charge is 0.466 e. The van der Waals surface area contributed by atoms with Gasteiger partial charge in [-0.15, -0.1) is 0 Å². The van der Waals surface area contributed by atoms with Gasteiger partial charge in [-0.1, -0.05) is 13.8 Å². The van der Waals surface area contributed by atoms with Crippen molar-refractivity contribution >= 4 is 5.91 Å². The Morgan fingerprint density at radius 1 is 1.65 bits per heavy atom. The van der Waals surface area contributed by atoms with Gasteiger partial charge in [-0.05, 0) is 24.8 Å². The van der Waals surface area contributed by atoms with E-state index in [1.165, 1.54) is 7.11 Å². The second-order valence-corrected chi connectivity index (χ2v) is 6.40. The van der Waals surface area contributed by atoms with Crippen molar-refractivity contribution in [3.05, 3.63) is 23.2 Å². The topological polar surface area (TPSA) is 77.5 Å². The van der Waals surface area contributed by atoms with Gasteiger partial charge in [0.25, 0.3) is 0 Å². The van der Waals surface area contributed by atoms with Crippen molar-refractivity contribution in [3.8, 4) is 0 Å². The van der Waals surface area contributed by atoms with Crippen LogP contribution in [0.15, 0.2) is 10.5 Å². The van der Waals surface area contributed by atoms with Gasteiger partial charge in [0.15, 0.2) is 0 Å². The molecule has 1 aliphatic rings. The van der Waals surface area contributed by atoms with Crippen molar-refractivity contribution < 1.29 is 13.9 Å². The average molecular weight is 280 g/mol. The molecule has 1 amide bonds. The van der Waals surface area contributed by atoms with Gasteiger partial charge >= 0.3 is 0 Å². The molecule has 0 radical (unpaired) electrons. The standard InChI is InChI=1S/C15H24N2O3/c1-9-5-10-12(17-14(18)11(16)8-19-4)6-15(2,3)7-13(10)20-9/h5,11-12H,6-8,16H2,1-4H3,(H,17,18). The van der Waals surface area contributed by atoms with Gasteiger partial charge in [-0.3, -0.25) is 4.79 Å². The Balaban J connectivity index is 2.17. The molecule has 1 aromatic heterocycles.